The van der Waals surface area contributed by atoms with Crippen LogP contribution in [0.2, 0.25) is 0 Å². The normalized spacial score (nSPS) is 40.1. The average Bonchev–Trinajstić information content (AvgIpc) is 2.97. The second kappa shape index (κ2) is 4.49. The Labute approximate surface area is 103 Å². The Morgan fingerprint density at radius 3 is 3.00 bits per heavy atom. The van der Waals surface area contributed by atoms with Gasteiger partial charge in [0.1, 0.15) is 25.4 Å². The number of ether oxygens (including phenoxy) is 4. The van der Waals surface area contributed by atoms with Gasteiger partial charge in [-0.05, 0) is 6.42 Å². The first kappa shape index (κ1) is 11.9. The second-order valence-corrected chi connectivity index (χ2v) is 4.60. The third-order valence-corrected chi connectivity index (χ3v) is 3.57. The molecule has 0 amide bonds. The summed E-state index contributed by atoms with van der Waals surface area (Å²) >= 11 is 0. The van der Waals surface area contributed by atoms with Gasteiger partial charge < -0.3 is 24.1 Å². The van der Waals surface area contributed by atoms with Gasteiger partial charge in [0, 0.05) is 0 Å². The maximum atomic E-state index is 11.4. The SMILES string of the molecule is O=C(CO)OCCO[C@@H]1C2CC3C(=O)OC1C3O2. The van der Waals surface area contributed by atoms with Gasteiger partial charge in [0.25, 0.3) is 0 Å². The molecule has 4 unspecified atom stereocenters. The quantitative estimate of drug-likeness (QED) is 0.480. The van der Waals surface area contributed by atoms with Crippen LogP contribution >= 0.6 is 0 Å². The summed E-state index contributed by atoms with van der Waals surface area (Å²) in [4.78, 5) is 22.1. The van der Waals surface area contributed by atoms with Gasteiger partial charge in [-0.1, -0.05) is 0 Å². The van der Waals surface area contributed by atoms with Crippen LogP contribution in [0.1, 0.15) is 6.42 Å². The molecule has 3 saturated heterocycles. The molecule has 2 bridgehead atoms. The minimum atomic E-state index is -0.685. The lowest BCUT2D eigenvalue weighted by atomic mass is 9.88. The summed E-state index contributed by atoms with van der Waals surface area (Å²) < 4.78 is 21.1. The van der Waals surface area contributed by atoms with Crippen molar-refractivity contribution in [3.63, 3.8) is 0 Å². The minimum Gasteiger partial charge on any atom is -0.462 e. The minimum absolute atomic E-state index is 0.0668. The molecule has 0 spiro atoms. The van der Waals surface area contributed by atoms with E-state index in [0.29, 0.717) is 6.42 Å². The molecular weight excluding hydrogens is 244 g/mol. The van der Waals surface area contributed by atoms with E-state index in [1.807, 2.05) is 0 Å². The Morgan fingerprint density at radius 1 is 1.39 bits per heavy atom. The number of rotatable bonds is 5. The summed E-state index contributed by atoms with van der Waals surface area (Å²) in [6.45, 7) is -0.377. The highest BCUT2D eigenvalue weighted by molar-refractivity contribution is 5.77. The molecule has 18 heavy (non-hydrogen) atoms. The van der Waals surface area contributed by atoms with E-state index in [1.54, 1.807) is 0 Å². The molecule has 0 radical (unpaired) electrons. The number of esters is 2. The topological polar surface area (TPSA) is 91.3 Å². The lowest BCUT2D eigenvalue weighted by Crippen LogP contribution is -2.39. The Morgan fingerprint density at radius 2 is 2.22 bits per heavy atom. The molecule has 3 rings (SSSR count). The van der Waals surface area contributed by atoms with Gasteiger partial charge in [0.05, 0.1) is 18.6 Å². The average molecular weight is 258 g/mol. The molecule has 0 saturated carbocycles. The molecule has 3 heterocycles. The molecular formula is C11H14O7. The van der Waals surface area contributed by atoms with Gasteiger partial charge in [-0.15, -0.1) is 0 Å². The molecule has 0 aliphatic carbocycles. The number of aliphatic hydroxyl groups is 1. The summed E-state index contributed by atoms with van der Waals surface area (Å²) in [6, 6.07) is 0. The molecule has 5 atom stereocenters. The van der Waals surface area contributed by atoms with Crippen molar-refractivity contribution in [1.29, 1.82) is 0 Å². The first-order chi connectivity index (χ1) is 8.70. The van der Waals surface area contributed by atoms with Gasteiger partial charge in [-0.3, -0.25) is 4.79 Å². The van der Waals surface area contributed by atoms with Gasteiger partial charge in [-0.2, -0.15) is 0 Å². The van der Waals surface area contributed by atoms with Gasteiger partial charge in [0.15, 0.2) is 6.10 Å². The maximum Gasteiger partial charge on any atom is 0.331 e. The number of hydrogen-bond donors (Lipinski definition) is 1. The largest absolute Gasteiger partial charge is 0.462 e. The van der Waals surface area contributed by atoms with Gasteiger partial charge >= 0.3 is 11.9 Å². The van der Waals surface area contributed by atoms with E-state index in [0.717, 1.165) is 0 Å². The zero-order chi connectivity index (χ0) is 12.7. The van der Waals surface area contributed by atoms with Crippen molar-refractivity contribution in [3.8, 4) is 0 Å². The van der Waals surface area contributed by atoms with Gasteiger partial charge in [0.2, 0.25) is 0 Å². The van der Waals surface area contributed by atoms with Crippen LogP contribution in [-0.4, -0.2) is 61.3 Å². The zero-order valence-corrected chi connectivity index (χ0v) is 9.61. The number of fused-ring (bicyclic) bond motifs is 1. The summed E-state index contributed by atoms with van der Waals surface area (Å²) in [5, 5.41) is 8.45. The first-order valence-electron chi connectivity index (χ1n) is 5.94. The highest BCUT2D eigenvalue weighted by atomic mass is 16.6. The number of carbonyl (C=O) groups is 2. The predicted molar refractivity (Wildman–Crippen MR) is 54.4 cm³/mol. The van der Waals surface area contributed by atoms with E-state index in [1.165, 1.54) is 0 Å². The van der Waals surface area contributed by atoms with Crippen LogP contribution in [0.5, 0.6) is 0 Å². The fourth-order valence-corrected chi connectivity index (χ4v) is 2.83. The third-order valence-electron chi connectivity index (χ3n) is 3.57. The molecule has 3 fully saturated rings. The molecule has 1 N–H and O–H groups in total. The summed E-state index contributed by atoms with van der Waals surface area (Å²) in [6.07, 6.45) is -0.237. The lowest BCUT2D eigenvalue weighted by Gasteiger charge is -2.22. The molecule has 3 aliphatic rings. The van der Waals surface area contributed by atoms with Crippen LogP contribution in [0, 0.1) is 5.92 Å². The molecule has 0 aromatic heterocycles. The highest BCUT2D eigenvalue weighted by Gasteiger charge is 2.64. The van der Waals surface area contributed by atoms with E-state index in [2.05, 4.69) is 4.74 Å². The molecule has 7 heteroatoms. The fourth-order valence-electron chi connectivity index (χ4n) is 2.83. The highest BCUT2D eigenvalue weighted by Crippen LogP contribution is 2.47. The van der Waals surface area contributed by atoms with Crippen LogP contribution in [0.4, 0.5) is 0 Å². The first-order valence-corrected chi connectivity index (χ1v) is 5.94. The summed E-state index contributed by atoms with van der Waals surface area (Å²) in [5.41, 5.74) is 0. The zero-order valence-electron chi connectivity index (χ0n) is 9.61. The Balaban J connectivity index is 1.47. The van der Waals surface area contributed by atoms with Crippen molar-refractivity contribution < 1.29 is 33.6 Å². The summed E-state index contributed by atoms with van der Waals surface area (Å²) in [5.74, 6) is -1.02. The van der Waals surface area contributed by atoms with Crippen LogP contribution in [0.3, 0.4) is 0 Å². The Kier molecular flexibility index (Phi) is 2.96. The third kappa shape index (κ3) is 1.79. The molecule has 7 nitrogen and oxygen atoms in total. The van der Waals surface area contributed by atoms with E-state index < -0.39 is 12.6 Å². The van der Waals surface area contributed by atoms with E-state index >= 15 is 0 Å². The molecule has 3 aliphatic heterocycles. The standard InChI is InChI=1S/C11H14O7/c12-4-7(13)15-1-2-16-9-6-3-5-8(17-6)10(9)18-11(5)14/h5-6,8-10,12H,1-4H2/t5?,6?,8?,9-,10?/m1/s1. The van der Waals surface area contributed by atoms with E-state index in [9.17, 15) is 9.59 Å². The van der Waals surface area contributed by atoms with Crippen LogP contribution < -0.4 is 0 Å². The van der Waals surface area contributed by atoms with Crippen molar-refractivity contribution in [2.24, 2.45) is 5.92 Å². The van der Waals surface area contributed by atoms with Crippen molar-refractivity contribution in [1.82, 2.24) is 0 Å². The van der Waals surface area contributed by atoms with Crippen molar-refractivity contribution in [2.45, 2.75) is 30.8 Å². The monoisotopic (exact) mass is 258 g/mol. The maximum absolute atomic E-state index is 11.4. The number of carbonyl (C=O) groups excluding carboxylic acids is 2. The Hall–Kier alpha value is -1.18. The van der Waals surface area contributed by atoms with Crippen molar-refractivity contribution in [2.75, 3.05) is 19.8 Å². The number of aliphatic hydroxyl groups excluding tert-OH is 1. The van der Waals surface area contributed by atoms with Crippen LogP contribution in [0.15, 0.2) is 0 Å². The van der Waals surface area contributed by atoms with Gasteiger partial charge in [-0.25, -0.2) is 4.79 Å². The second-order valence-electron chi connectivity index (χ2n) is 4.60. The smallest absolute Gasteiger partial charge is 0.331 e. The molecule has 100 valence electrons. The molecule has 0 aromatic carbocycles. The van der Waals surface area contributed by atoms with Crippen molar-refractivity contribution in [3.05, 3.63) is 0 Å². The summed E-state index contributed by atoms with van der Waals surface area (Å²) in [7, 11) is 0. The predicted octanol–water partition coefficient (Wildman–Crippen LogP) is -1.38. The lowest BCUT2D eigenvalue weighted by molar-refractivity contribution is -0.151. The van der Waals surface area contributed by atoms with E-state index in [-0.39, 0.29) is 49.5 Å². The van der Waals surface area contributed by atoms with Crippen LogP contribution in [-0.2, 0) is 28.5 Å². The number of hydrogen-bond acceptors (Lipinski definition) is 7. The fraction of sp³-hybridized carbons (Fsp3) is 0.818. The van der Waals surface area contributed by atoms with Crippen LogP contribution in [0.25, 0.3) is 0 Å². The Bertz CT molecular complexity index is 368. The van der Waals surface area contributed by atoms with Crippen molar-refractivity contribution >= 4 is 11.9 Å². The molecule has 0 aromatic rings. The van der Waals surface area contributed by atoms with E-state index in [4.69, 9.17) is 19.3 Å².